The van der Waals surface area contributed by atoms with Crippen molar-refractivity contribution in [2.24, 2.45) is 17.8 Å². The van der Waals surface area contributed by atoms with Gasteiger partial charge >= 0.3 is 0 Å². The van der Waals surface area contributed by atoms with Gasteiger partial charge in [0.25, 0.3) is 0 Å². The smallest absolute Gasteiger partial charge is 0.0948 e. The zero-order valence-electron chi connectivity index (χ0n) is 12.6. The predicted octanol–water partition coefficient (Wildman–Crippen LogP) is 3.52. The molecule has 2 heterocycles. The van der Waals surface area contributed by atoms with E-state index in [0.717, 1.165) is 17.8 Å². The molecule has 0 radical (unpaired) electrons. The summed E-state index contributed by atoms with van der Waals surface area (Å²) in [5.74, 6) is 2.98. The fourth-order valence-corrected chi connectivity index (χ4v) is 4.10. The molecule has 0 amide bonds. The number of hydrogen-bond donors (Lipinski definition) is 1. The molecular weight excluding hydrogens is 246 g/mol. The van der Waals surface area contributed by atoms with Crippen molar-refractivity contribution in [3.05, 3.63) is 18.2 Å². The lowest BCUT2D eigenvalue weighted by Crippen LogP contribution is -2.36. The highest BCUT2D eigenvalue weighted by Gasteiger charge is 2.41. The van der Waals surface area contributed by atoms with Crippen LogP contribution in [0.4, 0.5) is 0 Å². The molecule has 20 heavy (non-hydrogen) atoms. The summed E-state index contributed by atoms with van der Waals surface area (Å²) in [6.45, 7) is 3.53. The lowest BCUT2D eigenvalue weighted by molar-refractivity contribution is 0.306. The van der Waals surface area contributed by atoms with Crippen LogP contribution in [0.5, 0.6) is 0 Å². The quantitative estimate of drug-likeness (QED) is 0.889. The summed E-state index contributed by atoms with van der Waals surface area (Å²) >= 11 is 0. The number of nitrogens with zero attached hydrogens (tertiary/aromatic N) is 2. The van der Waals surface area contributed by atoms with Crippen molar-refractivity contribution in [1.29, 1.82) is 0 Å². The van der Waals surface area contributed by atoms with E-state index in [1.165, 1.54) is 57.2 Å². The van der Waals surface area contributed by atoms with Gasteiger partial charge in [-0.3, -0.25) is 0 Å². The molecule has 1 aliphatic heterocycles. The number of rotatable bonds is 5. The van der Waals surface area contributed by atoms with Crippen molar-refractivity contribution in [2.75, 3.05) is 0 Å². The minimum atomic E-state index is 0.528. The second-order valence-electron chi connectivity index (χ2n) is 7.36. The van der Waals surface area contributed by atoms with Crippen molar-refractivity contribution in [1.82, 2.24) is 14.9 Å². The number of imidazole rings is 1. The third-order valence-electron chi connectivity index (χ3n) is 5.58. The van der Waals surface area contributed by atoms with Gasteiger partial charge in [-0.05, 0) is 69.6 Å². The highest BCUT2D eigenvalue weighted by molar-refractivity contribution is 5.08. The molecule has 0 spiro atoms. The average molecular weight is 273 g/mol. The van der Waals surface area contributed by atoms with E-state index in [9.17, 15) is 0 Å². The number of piperidine rings is 1. The standard InChI is InChI=1S/C17H27N3/c1-12-3-2-4-16(19-12)17-9-18-11-20(17)10-15(13-5-6-13)14-7-8-14/h9,11-16,19H,2-8,10H2,1H3. The van der Waals surface area contributed by atoms with Crippen LogP contribution in [-0.4, -0.2) is 15.6 Å². The Morgan fingerprint density at radius 2 is 1.95 bits per heavy atom. The second kappa shape index (κ2) is 5.18. The molecule has 2 unspecified atom stereocenters. The Morgan fingerprint density at radius 1 is 1.20 bits per heavy atom. The van der Waals surface area contributed by atoms with E-state index in [0.29, 0.717) is 12.1 Å². The molecule has 2 saturated carbocycles. The van der Waals surface area contributed by atoms with Crippen molar-refractivity contribution < 1.29 is 0 Å². The number of nitrogens with one attached hydrogen (secondary N) is 1. The molecule has 3 heteroatoms. The molecule has 2 aliphatic carbocycles. The maximum atomic E-state index is 4.46. The minimum Gasteiger partial charge on any atom is -0.333 e. The zero-order valence-corrected chi connectivity index (χ0v) is 12.6. The van der Waals surface area contributed by atoms with E-state index >= 15 is 0 Å². The molecule has 0 aromatic carbocycles. The summed E-state index contributed by atoms with van der Waals surface area (Å²) in [6.07, 6.45) is 14.0. The van der Waals surface area contributed by atoms with Crippen LogP contribution >= 0.6 is 0 Å². The summed E-state index contributed by atoms with van der Waals surface area (Å²) in [5.41, 5.74) is 1.43. The van der Waals surface area contributed by atoms with Gasteiger partial charge in [-0.2, -0.15) is 0 Å². The normalized spacial score (nSPS) is 30.9. The Morgan fingerprint density at radius 3 is 2.60 bits per heavy atom. The zero-order chi connectivity index (χ0) is 13.5. The lowest BCUT2D eigenvalue weighted by atomic mass is 9.95. The maximum Gasteiger partial charge on any atom is 0.0948 e. The summed E-state index contributed by atoms with van der Waals surface area (Å²) in [6, 6.07) is 1.18. The molecule has 2 atom stereocenters. The van der Waals surface area contributed by atoms with E-state index in [1.54, 1.807) is 0 Å². The van der Waals surface area contributed by atoms with Crippen LogP contribution in [0.15, 0.2) is 12.5 Å². The highest BCUT2D eigenvalue weighted by Crippen LogP contribution is 2.50. The fraction of sp³-hybridized carbons (Fsp3) is 0.824. The molecule has 1 aromatic heterocycles. The van der Waals surface area contributed by atoms with Crippen molar-refractivity contribution in [3.63, 3.8) is 0 Å². The van der Waals surface area contributed by atoms with Gasteiger partial charge in [0.1, 0.15) is 0 Å². The summed E-state index contributed by atoms with van der Waals surface area (Å²) in [7, 11) is 0. The lowest BCUT2D eigenvalue weighted by Gasteiger charge is -2.30. The Hall–Kier alpha value is -0.830. The molecule has 1 saturated heterocycles. The fourth-order valence-electron chi connectivity index (χ4n) is 4.10. The van der Waals surface area contributed by atoms with Crippen LogP contribution in [0, 0.1) is 17.8 Å². The van der Waals surface area contributed by atoms with Crippen LogP contribution in [-0.2, 0) is 6.54 Å². The maximum absolute atomic E-state index is 4.46. The molecule has 3 nitrogen and oxygen atoms in total. The SMILES string of the molecule is CC1CCCC(c2cncn2CC(C2CC2)C2CC2)N1. The van der Waals surface area contributed by atoms with Crippen molar-refractivity contribution in [2.45, 2.75) is 70.5 Å². The highest BCUT2D eigenvalue weighted by atomic mass is 15.1. The number of hydrogen-bond acceptors (Lipinski definition) is 2. The molecule has 3 fully saturated rings. The van der Waals surface area contributed by atoms with E-state index in [1.807, 2.05) is 0 Å². The monoisotopic (exact) mass is 273 g/mol. The van der Waals surface area contributed by atoms with Crippen LogP contribution in [0.3, 0.4) is 0 Å². The molecule has 1 N–H and O–H groups in total. The summed E-state index contributed by atoms with van der Waals surface area (Å²) in [4.78, 5) is 4.46. The predicted molar refractivity (Wildman–Crippen MR) is 80.4 cm³/mol. The van der Waals surface area contributed by atoms with Crippen LogP contribution in [0.1, 0.15) is 63.6 Å². The summed E-state index contributed by atoms with van der Waals surface area (Å²) < 4.78 is 2.47. The number of aromatic nitrogens is 2. The van der Waals surface area contributed by atoms with Crippen molar-refractivity contribution in [3.8, 4) is 0 Å². The largest absolute Gasteiger partial charge is 0.333 e. The van der Waals surface area contributed by atoms with Crippen molar-refractivity contribution >= 4 is 0 Å². The van der Waals surface area contributed by atoms with Gasteiger partial charge in [-0.15, -0.1) is 0 Å². The van der Waals surface area contributed by atoms with Gasteiger partial charge in [-0.25, -0.2) is 4.98 Å². The topological polar surface area (TPSA) is 29.9 Å². The van der Waals surface area contributed by atoms with E-state index in [2.05, 4.69) is 34.3 Å². The Balaban J connectivity index is 1.49. The van der Waals surface area contributed by atoms with Gasteiger partial charge in [0.2, 0.25) is 0 Å². The third-order valence-corrected chi connectivity index (χ3v) is 5.58. The van der Waals surface area contributed by atoms with E-state index in [4.69, 9.17) is 0 Å². The van der Waals surface area contributed by atoms with Gasteiger partial charge < -0.3 is 9.88 Å². The van der Waals surface area contributed by atoms with Crippen LogP contribution < -0.4 is 5.32 Å². The Bertz CT molecular complexity index is 447. The first-order valence-corrected chi connectivity index (χ1v) is 8.57. The van der Waals surface area contributed by atoms with Gasteiger partial charge in [0.15, 0.2) is 0 Å². The second-order valence-corrected chi connectivity index (χ2v) is 7.36. The van der Waals surface area contributed by atoms with Gasteiger partial charge in [-0.1, -0.05) is 0 Å². The first kappa shape index (κ1) is 12.9. The first-order chi connectivity index (χ1) is 9.81. The Kier molecular flexibility index (Phi) is 3.33. The van der Waals surface area contributed by atoms with Crippen LogP contribution in [0.25, 0.3) is 0 Å². The summed E-state index contributed by atoms with van der Waals surface area (Å²) in [5, 5.41) is 3.76. The molecular formula is C17H27N3. The third kappa shape index (κ3) is 2.65. The van der Waals surface area contributed by atoms with E-state index in [-0.39, 0.29) is 0 Å². The molecule has 3 aliphatic rings. The molecule has 1 aromatic rings. The van der Waals surface area contributed by atoms with Crippen LogP contribution in [0.2, 0.25) is 0 Å². The first-order valence-electron chi connectivity index (χ1n) is 8.57. The molecule has 0 bridgehead atoms. The average Bonchev–Trinajstić information content (AvgIpc) is 3.36. The molecule has 110 valence electrons. The van der Waals surface area contributed by atoms with Gasteiger partial charge in [0, 0.05) is 24.8 Å². The van der Waals surface area contributed by atoms with E-state index < -0.39 is 0 Å². The Labute approximate surface area is 122 Å². The van der Waals surface area contributed by atoms with Gasteiger partial charge in [0.05, 0.1) is 12.0 Å². The minimum absolute atomic E-state index is 0.528. The molecule has 4 rings (SSSR count).